The van der Waals surface area contributed by atoms with E-state index in [-0.39, 0.29) is 5.91 Å². The normalized spacial score (nSPS) is 14.1. The van der Waals surface area contributed by atoms with Crippen LogP contribution in [0.5, 0.6) is 0 Å². The Kier molecular flexibility index (Phi) is 4.72. The maximum atomic E-state index is 12.9. The molecular formula is C22H21N7O. The van der Waals surface area contributed by atoms with Crippen molar-refractivity contribution in [2.75, 3.05) is 36.4 Å². The lowest BCUT2D eigenvalue weighted by Gasteiger charge is -2.35. The van der Waals surface area contributed by atoms with E-state index >= 15 is 0 Å². The van der Waals surface area contributed by atoms with Crippen LogP contribution < -0.4 is 10.2 Å². The minimum absolute atomic E-state index is 0.0699. The minimum atomic E-state index is 0.0699. The third-order valence-electron chi connectivity index (χ3n) is 5.23. The van der Waals surface area contributed by atoms with Crippen molar-refractivity contribution in [3.8, 4) is 0 Å². The number of fused-ring (bicyclic) bond motifs is 1. The molecule has 8 nitrogen and oxygen atoms in total. The molecule has 5 heterocycles. The van der Waals surface area contributed by atoms with E-state index in [1.165, 1.54) is 0 Å². The fourth-order valence-electron chi connectivity index (χ4n) is 3.64. The van der Waals surface area contributed by atoms with Crippen LogP contribution in [0, 0.1) is 0 Å². The van der Waals surface area contributed by atoms with Gasteiger partial charge in [0.05, 0.1) is 17.4 Å². The van der Waals surface area contributed by atoms with Gasteiger partial charge in [-0.1, -0.05) is 6.07 Å². The van der Waals surface area contributed by atoms with Gasteiger partial charge in [-0.05, 0) is 42.5 Å². The summed E-state index contributed by atoms with van der Waals surface area (Å²) in [6.07, 6.45) is 7.31. The number of anilines is 3. The molecule has 0 bridgehead atoms. The van der Waals surface area contributed by atoms with Crippen molar-refractivity contribution in [2.24, 2.45) is 0 Å². The molecule has 0 aliphatic carbocycles. The van der Waals surface area contributed by atoms with Crippen LogP contribution in [0.3, 0.4) is 0 Å². The van der Waals surface area contributed by atoms with Crippen LogP contribution >= 0.6 is 0 Å². The highest BCUT2D eigenvalue weighted by Gasteiger charge is 2.23. The smallest absolute Gasteiger partial charge is 0.255 e. The number of carbonyl (C=O) groups excluding carboxylic acids is 1. The number of piperazine rings is 1. The molecule has 0 atom stereocenters. The second kappa shape index (κ2) is 7.82. The Morgan fingerprint density at radius 2 is 1.87 bits per heavy atom. The van der Waals surface area contributed by atoms with E-state index in [0.29, 0.717) is 18.9 Å². The first kappa shape index (κ1) is 18.1. The van der Waals surface area contributed by atoms with Gasteiger partial charge in [0.15, 0.2) is 11.6 Å². The van der Waals surface area contributed by atoms with Crippen LogP contribution in [0.2, 0.25) is 0 Å². The number of hydrogen-bond donors (Lipinski definition) is 1. The summed E-state index contributed by atoms with van der Waals surface area (Å²) < 4.78 is 1.97. The van der Waals surface area contributed by atoms with Crippen LogP contribution in [0.15, 0.2) is 73.3 Å². The molecule has 1 saturated heterocycles. The van der Waals surface area contributed by atoms with Gasteiger partial charge in [0.25, 0.3) is 5.91 Å². The van der Waals surface area contributed by atoms with Gasteiger partial charge < -0.3 is 19.5 Å². The SMILES string of the molecule is O=C(c1cc2ccccn2c1)N1CCN(c2ccc(Nc3cccnc3)nn2)CC1. The summed E-state index contributed by atoms with van der Waals surface area (Å²) in [5, 5.41) is 11.8. The Hall–Kier alpha value is -3.94. The highest BCUT2D eigenvalue weighted by atomic mass is 16.2. The molecule has 1 amide bonds. The van der Waals surface area contributed by atoms with Crippen molar-refractivity contribution in [1.82, 2.24) is 24.5 Å². The average molecular weight is 399 g/mol. The lowest BCUT2D eigenvalue weighted by atomic mass is 10.2. The molecular weight excluding hydrogens is 378 g/mol. The van der Waals surface area contributed by atoms with Gasteiger partial charge in [-0.2, -0.15) is 0 Å². The van der Waals surface area contributed by atoms with Crippen molar-refractivity contribution in [3.05, 3.63) is 78.9 Å². The predicted molar refractivity (Wildman–Crippen MR) is 115 cm³/mol. The van der Waals surface area contributed by atoms with Gasteiger partial charge in [0.1, 0.15) is 0 Å². The van der Waals surface area contributed by atoms with Gasteiger partial charge in [-0.15, -0.1) is 10.2 Å². The van der Waals surface area contributed by atoms with E-state index in [1.807, 2.05) is 70.2 Å². The zero-order valence-electron chi connectivity index (χ0n) is 16.3. The lowest BCUT2D eigenvalue weighted by molar-refractivity contribution is 0.0746. The Labute approximate surface area is 173 Å². The van der Waals surface area contributed by atoms with E-state index in [9.17, 15) is 4.79 Å². The molecule has 0 unspecified atom stereocenters. The summed E-state index contributed by atoms with van der Waals surface area (Å²) in [5.41, 5.74) is 2.61. The molecule has 0 spiro atoms. The number of hydrogen-bond acceptors (Lipinski definition) is 6. The maximum absolute atomic E-state index is 12.9. The summed E-state index contributed by atoms with van der Waals surface area (Å²) in [5.74, 6) is 1.55. The molecule has 30 heavy (non-hydrogen) atoms. The maximum Gasteiger partial charge on any atom is 0.255 e. The average Bonchev–Trinajstić information content (AvgIpc) is 3.24. The van der Waals surface area contributed by atoms with Gasteiger partial charge in [-0.3, -0.25) is 9.78 Å². The topological polar surface area (TPSA) is 78.7 Å². The molecule has 5 rings (SSSR count). The number of rotatable bonds is 4. The quantitative estimate of drug-likeness (QED) is 0.569. The number of amides is 1. The third kappa shape index (κ3) is 3.67. The van der Waals surface area contributed by atoms with Crippen LogP contribution in [0.25, 0.3) is 5.52 Å². The van der Waals surface area contributed by atoms with E-state index in [4.69, 9.17) is 0 Å². The standard InChI is InChI=1S/C22H21N7O/c30-22(17-14-19-5-1-2-9-29(19)16-17)28-12-10-27(11-13-28)21-7-6-20(25-26-21)24-18-4-3-8-23-15-18/h1-9,14-16H,10-13H2,(H,24,25). The van der Waals surface area contributed by atoms with E-state index in [2.05, 4.69) is 25.4 Å². The summed E-state index contributed by atoms with van der Waals surface area (Å²) in [6, 6.07) is 15.5. The molecule has 1 N–H and O–H groups in total. The van der Waals surface area contributed by atoms with Crippen molar-refractivity contribution >= 4 is 28.7 Å². The van der Waals surface area contributed by atoms with Crippen molar-refractivity contribution in [2.45, 2.75) is 0 Å². The fraction of sp³-hybridized carbons (Fsp3) is 0.182. The molecule has 1 aliphatic heterocycles. The Morgan fingerprint density at radius 3 is 2.60 bits per heavy atom. The van der Waals surface area contributed by atoms with E-state index in [0.717, 1.165) is 35.7 Å². The van der Waals surface area contributed by atoms with Gasteiger partial charge in [-0.25, -0.2) is 0 Å². The van der Waals surface area contributed by atoms with Crippen LogP contribution in [-0.2, 0) is 0 Å². The third-order valence-corrected chi connectivity index (χ3v) is 5.23. The van der Waals surface area contributed by atoms with Crippen molar-refractivity contribution in [1.29, 1.82) is 0 Å². The fourth-order valence-corrected chi connectivity index (χ4v) is 3.64. The Balaban J connectivity index is 1.20. The van der Waals surface area contributed by atoms with Crippen LogP contribution in [-0.4, -0.2) is 56.6 Å². The summed E-state index contributed by atoms with van der Waals surface area (Å²) >= 11 is 0. The number of pyridine rings is 2. The second-order valence-corrected chi connectivity index (χ2v) is 7.18. The zero-order chi connectivity index (χ0) is 20.3. The lowest BCUT2D eigenvalue weighted by Crippen LogP contribution is -2.49. The highest BCUT2D eigenvalue weighted by molar-refractivity contribution is 5.95. The molecule has 4 aromatic rings. The molecule has 4 aromatic heterocycles. The van der Waals surface area contributed by atoms with Crippen LogP contribution in [0.1, 0.15) is 10.4 Å². The highest BCUT2D eigenvalue weighted by Crippen LogP contribution is 2.18. The Morgan fingerprint density at radius 1 is 0.967 bits per heavy atom. The summed E-state index contributed by atoms with van der Waals surface area (Å²) in [7, 11) is 0. The molecule has 0 radical (unpaired) electrons. The summed E-state index contributed by atoms with van der Waals surface area (Å²) in [4.78, 5) is 21.0. The van der Waals surface area contributed by atoms with Crippen molar-refractivity contribution < 1.29 is 4.79 Å². The first-order valence-electron chi connectivity index (χ1n) is 9.88. The minimum Gasteiger partial charge on any atom is -0.352 e. The number of carbonyl (C=O) groups is 1. The van der Waals surface area contributed by atoms with E-state index < -0.39 is 0 Å². The molecule has 8 heteroatoms. The molecule has 1 aliphatic rings. The van der Waals surface area contributed by atoms with Gasteiger partial charge in [0, 0.05) is 50.3 Å². The zero-order valence-corrected chi connectivity index (χ0v) is 16.3. The molecule has 1 fully saturated rings. The molecule has 150 valence electrons. The summed E-state index contributed by atoms with van der Waals surface area (Å²) in [6.45, 7) is 2.76. The van der Waals surface area contributed by atoms with Gasteiger partial charge >= 0.3 is 0 Å². The second-order valence-electron chi connectivity index (χ2n) is 7.18. The molecule has 0 saturated carbocycles. The van der Waals surface area contributed by atoms with Crippen molar-refractivity contribution in [3.63, 3.8) is 0 Å². The monoisotopic (exact) mass is 399 g/mol. The van der Waals surface area contributed by atoms with E-state index in [1.54, 1.807) is 12.4 Å². The van der Waals surface area contributed by atoms with Crippen LogP contribution in [0.4, 0.5) is 17.3 Å². The first-order valence-corrected chi connectivity index (χ1v) is 9.88. The largest absolute Gasteiger partial charge is 0.352 e. The number of aromatic nitrogens is 4. The number of nitrogens with zero attached hydrogens (tertiary/aromatic N) is 6. The first-order chi connectivity index (χ1) is 14.8. The molecule has 0 aromatic carbocycles. The van der Waals surface area contributed by atoms with Gasteiger partial charge in [0.2, 0.25) is 0 Å². The predicted octanol–water partition coefficient (Wildman–Crippen LogP) is 2.83. The number of nitrogens with one attached hydrogen (secondary N) is 1. The Bertz CT molecular complexity index is 1120.